The zero-order valence-electron chi connectivity index (χ0n) is 16.3. The Bertz CT molecular complexity index is 1170. The van der Waals surface area contributed by atoms with Crippen LogP contribution in [0.25, 0.3) is 22.4 Å². The fourth-order valence-corrected chi connectivity index (χ4v) is 3.65. The molecule has 0 saturated heterocycles. The zero-order chi connectivity index (χ0) is 20.8. The number of carbonyl (C=O) groups is 1. The molecule has 4 aromatic rings. The summed E-state index contributed by atoms with van der Waals surface area (Å²) in [6.07, 6.45) is 1.59. The van der Waals surface area contributed by atoms with Gasteiger partial charge in [0.2, 0.25) is 5.13 Å². The van der Waals surface area contributed by atoms with Crippen LogP contribution >= 0.6 is 11.3 Å². The van der Waals surface area contributed by atoms with Crippen LogP contribution < -0.4 is 5.43 Å². The maximum Gasteiger partial charge on any atom is 0.338 e. The fraction of sp³-hybridized carbons (Fsp3) is 0.0417. The Hall–Kier alpha value is -3.77. The monoisotopic (exact) mass is 413 g/mol. The number of methoxy groups -OCH3 is 1. The SMILES string of the molecule is COC(=O)c1ccccc1/C=N/Nc1nc(-c2ccc(-c3ccccc3)cc2)cs1. The summed E-state index contributed by atoms with van der Waals surface area (Å²) in [5.41, 5.74) is 8.34. The Labute approximate surface area is 178 Å². The molecule has 0 aliphatic heterocycles. The summed E-state index contributed by atoms with van der Waals surface area (Å²) in [6, 6.07) is 25.7. The minimum Gasteiger partial charge on any atom is -0.465 e. The highest BCUT2D eigenvalue weighted by molar-refractivity contribution is 7.14. The first-order valence-electron chi connectivity index (χ1n) is 9.32. The van der Waals surface area contributed by atoms with E-state index in [0.29, 0.717) is 16.3 Å². The van der Waals surface area contributed by atoms with Crippen molar-refractivity contribution in [2.75, 3.05) is 12.5 Å². The summed E-state index contributed by atoms with van der Waals surface area (Å²) in [5.74, 6) is -0.396. The predicted molar refractivity (Wildman–Crippen MR) is 122 cm³/mol. The molecule has 30 heavy (non-hydrogen) atoms. The summed E-state index contributed by atoms with van der Waals surface area (Å²) in [4.78, 5) is 16.4. The second-order valence-corrected chi connectivity index (χ2v) is 7.29. The number of carbonyl (C=O) groups excluding carboxylic acids is 1. The Morgan fingerprint density at radius 3 is 2.37 bits per heavy atom. The van der Waals surface area contributed by atoms with Gasteiger partial charge in [-0.3, -0.25) is 5.43 Å². The van der Waals surface area contributed by atoms with E-state index in [1.54, 1.807) is 24.4 Å². The van der Waals surface area contributed by atoms with E-state index >= 15 is 0 Å². The molecule has 1 N–H and O–H groups in total. The maximum absolute atomic E-state index is 11.8. The van der Waals surface area contributed by atoms with Gasteiger partial charge in [-0.15, -0.1) is 11.3 Å². The molecule has 0 atom stereocenters. The van der Waals surface area contributed by atoms with Crippen molar-refractivity contribution in [3.05, 3.63) is 95.4 Å². The first-order valence-corrected chi connectivity index (χ1v) is 10.2. The molecule has 0 radical (unpaired) electrons. The molecule has 0 aliphatic rings. The predicted octanol–water partition coefficient (Wildman–Crippen LogP) is 5.71. The lowest BCUT2D eigenvalue weighted by Crippen LogP contribution is -2.05. The smallest absolute Gasteiger partial charge is 0.338 e. The van der Waals surface area contributed by atoms with Crippen molar-refractivity contribution in [3.8, 4) is 22.4 Å². The first-order chi connectivity index (χ1) is 14.7. The Morgan fingerprint density at radius 1 is 0.933 bits per heavy atom. The van der Waals surface area contributed by atoms with Crippen LogP contribution in [-0.4, -0.2) is 24.3 Å². The van der Waals surface area contributed by atoms with Crippen LogP contribution in [0.2, 0.25) is 0 Å². The van der Waals surface area contributed by atoms with Crippen LogP contribution in [0.4, 0.5) is 5.13 Å². The lowest BCUT2D eigenvalue weighted by atomic mass is 10.0. The number of hydrogen-bond acceptors (Lipinski definition) is 6. The molecule has 0 bridgehead atoms. The van der Waals surface area contributed by atoms with Gasteiger partial charge in [-0.25, -0.2) is 9.78 Å². The van der Waals surface area contributed by atoms with Gasteiger partial charge in [-0.2, -0.15) is 5.10 Å². The number of nitrogens with one attached hydrogen (secondary N) is 1. The van der Waals surface area contributed by atoms with Gasteiger partial charge >= 0.3 is 5.97 Å². The van der Waals surface area contributed by atoms with Gasteiger partial charge in [0.05, 0.1) is 24.6 Å². The molecule has 4 rings (SSSR count). The lowest BCUT2D eigenvalue weighted by Gasteiger charge is -2.03. The normalized spacial score (nSPS) is 10.8. The summed E-state index contributed by atoms with van der Waals surface area (Å²) in [6.45, 7) is 0. The summed E-state index contributed by atoms with van der Waals surface area (Å²) < 4.78 is 4.80. The molecular weight excluding hydrogens is 394 g/mol. The van der Waals surface area contributed by atoms with Crippen LogP contribution in [-0.2, 0) is 4.74 Å². The van der Waals surface area contributed by atoms with Crippen molar-refractivity contribution < 1.29 is 9.53 Å². The third-order valence-corrected chi connectivity index (χ3v) is 5.27. The Balaban J connectivity index is 1.45. The number of thiazole rings is 1. The molecule has 1 aromatic heterocycles. The molecule has 0 fully saturated rings. The summed E-state index contributed by atoms with van der Waals surface area (Å²) >= 11 is 1.47. The maximum atomic E-state index is 11.8. The number of benzene rings is 3. The average Bonchev–Trinajstić information content (AvgIpc) is 3.28. The molecular formula is C24H19N3O2S. The molecule has 1 heterocycles. The molecule has 5 nitrogen and oxygen atoms in total. The van der Waals surface area contributed by atoms with E-state index in [1.807, 2.05) is 29.6 Å². The number of rotatable bonds is 6. The highest BCUT2D eigenvalue weighted by Crippen LogP contribution is 2.27. The molecule has 0 saturated carbocycles. The van der Waals surface area contributed by atoms with Gasteiger partial charge in [0, 0.05) is 16.5 Å². The summed E-state index contributed by atoms with van der Waals surface area (Å²) in [7, 11) is 1.36. The first kappa shape index (κ1) is 19.5. The molecule has 0 amide bonds. The van der Waals surface area contributed by atoms with Crippen molar-refractivity contribution in [1.82, 2.24) is 4.98 Å². The van der Waals surface area contributed by atoms with Crippen molar-refractivity contribution in [3.63, 3.8) is 0 Å². The van der Waals surface area contributed by atoms with E-state index in [4.69, 9.17) is 4.74 Å². The molecule has 0 spiro atoms. The van der Waals surface area contributed by atoms with Crippen LogP contribution in [0.3, 0.4) is 0 Å². The number of hydrazone groups is 1. The third-order valence-electron chi connectivity index (χ3n) is 4.52. The van der Waals surface area contributed by atoms with Gasteiger partial charge in [0.1, 0.15) is 0 Å². The molecule has 3 aromatic carbocycles. The van der Waals surface area contributed by atoms with Crippen molar-refractivity contribution in [2.24, 2.45) is 5.10 Å². The van der Waals surface area contributed by atoms with Crippen molar-refractivity contribution in [1.29, 1.82) is 0 Å². The van der Waals surface area contributed by atoms with Crippen molar-refractivity contribution in [2.45, 2.75) is 0 Å². The lowest BCUT2D eigenvalue weighted by molar-refractivity contribution is 0.0600. The number of esters is 1. The van der Waals surface area contributed by atoms with E-state index in [-0.39, 0.29) is 0 Å². The zero-order valence-corrected chi connectivity index (χ0v) is 17.1. The number of anilines is 1. The average molecular weight is 414 g/mol. The standard InChI is InChI=1S/C24H19N3O2S/c1-29-23(28)21-10-6-5-9-20(21)15-25-27-24-26-22(16-30-24)19-13-11-18(12-14-19)17-7-3-2-4-8-17/h2-16H,1H3,(H,26,27)/b25-15+. The molecule has 0 unspecified atom stereocenters. The number of hydrogen-bond donors (Lipinski definition) is 1. The second-order valence-electron chi connectivity index (χ2n) is 6.43. The second kappa shape index (κ2) is 9.15. The van der Waals surface area contributed by atoms with Gasteiger partial charge in [-0.05, 0) is 17.2 Å². The number of ether oxygens (including phenoxy) is 1. The van der Waals surface area contributed by atoms with Gasteiger partial charge < -0.3 is 4.74 Å². The highest BCUT2D eigenvalue weighted by atomic mass is 32.1. The minimum atomic E-state index is -0.396. The van der Waals surface area contributed by atoms with Crippen LogP contribution in [0.15, 0.2) is 89.3 Å². The quantitative estimate of drug-likeness (QED) is 0.250. The van der Waals surface area contributed by atoms with Crippen molar-refractivity contribution >= 4 is 28.7 Å². The molecule has 148 valence electrons. The van der Waals surface area contributed by atoms with Crippen LogP contribution in [0.1, 0.15) is 15.9 Å². The Morgan fingerprint density at radius 2 is 1.60 bits per heavy atom. The van der Waals surface area contributed by atoms with E-state index in [2.05, 4.69) is 51.9 Å². The van der Waals surface area contributed by atoms with E-state index in [1.165, 1.54) is 29.6 Å². The van der Waals surface area contributed by atoms with E-state index in [0.717, 1.165) is 11.3 Å². The molecule has 0 aliphatic carbocycles. The molecule has 6 heteroatoms. The third kappa shape index (κ3) is 4.45. The van der Waals surface area contributed by atoms with Gasteiger partial charge in [0.15, 0.2) is 0 Å². The van der Waals surface area contributed by atoms with E-state index in [9.17, 15) is 4.79 Å². The Kier molecular flexibility index (Phi) is 5.96. The fourth-order valence-electron chi connectivity index (χ4n) is 2.98. The van der Waals surface area contributed by atoms with E-state index < -0.39 is 5.97 Å². The largest absolute Gasteiger partial charge is 0.465 e. The highest BCUT2D eigenvalue weighted by Gasteiger charge is 2.09. The summed E-state index contributed by atoms with van der Waals surface area (Å²) in [5, 5.41) is 6.87. The number of nitrogens with zero attached hydrogens (tertiary/aromatic N) is 2. The van der Waals surface area contributed by atoms with Gasteiger partial charge in [0.25, 0.3) is 0 Å². The van der Waals surface area contributed by atoms with Gasteiger partial charge in [-0.1, -0.05) is 72.8 Å². The number of aromatic nitrogens is 1. The van der Waals surface area contributed by atoms with Crippen LogP contribution in [0, 0.1) is 0 Å². The topological polar surface area (TPSA) is 63.6 Å². The van der Waals surface area contributed by atoms with Crippen LogP contribution in [0.5, 0.6) is 0 Å². The minimum absolute atomic E-state index is 0.396.